The van der Waals surface area contributed by atoms with E-state index in [9.17, 15) is 8.42 Å². The number of benzene rings is 1. The molecule has 0 aliphatic carbocycles. The third-order valence-corrected chi connectivity index (χ3v) is 8.67. The number of hydrogen-bond acceptors (Lipinski definition) is 9. The predicted molar refractivity (Wildman–Crippen MR) is 159 cm³/mol. The zero-order valence-corrected chi connectivity index (χ0v) is 24.4. The predicted octanol–water partition coefficient (Wildman–Crippen LogP) is 3.55. The van der Waals surface area contributed by atoms with E-state index in [-0.39, 0.29) is 0 Å². The molecule has 5 rings (SSSR count). The number of sulfonamides is 1. The minimum atomic E-state index is -3.46. The normalized spacial score (nSPS) is 14.6. The molecule has 1 aliphatic rings. The van der Waals surface area contributed by atoms with Crippen LogP contribution in [0.2, 0.25) is 0 Å². The number of pyridine rings is 1. The molecule has 0 unspecified atom stereocenters. The number of piperidine rings is 1. The first-order valence-electron chi connectivity index (χ1n) is 13.2. The highest BCUT2D eigenvalue weighted by atomic mass is 32.2. The molecule has 4 aromatic rings. The van der Waals surface area contributed by atoms with Crippen LogP contribution in [-0.4, -0.2) is 86.5 Å². The molecule has 1 aliphatic heterocycles. The molecule has 0 atom stereocenters. The van der Waals surface area contributed by atoms with E-state index in [0.29, 0.717) is 30.0 Å². The molecule has 40 heavy (non-hydrogen) atoms. The minimum absolute atomic E-state index is 0.384. The molecule has 3 aromatic heterocycles. The molecule has 0 radical (unpaired) electrons. The van der Waals surface area contributed by atoms with Crippen LogP contribution in [0.25, 0.3) is 11.0 Å². The lowest BCUT2D eigenvalue weighted by atomic mass is 10.0. The van der Waals surface area contributed by atoms with Gasteiger partial charge >= 0.3 is 0 Å². The van der Waals surface area contributed by atoms with Crippen LogP contribution in [0.3, 0.4) is 0 Å². The van der Waals surface area contributed by atoms with Gasteiger partial charge in [-0.3, -0.25) is 4.31 Å². The molecule has 1 N–H and O–H groups in total. The molecule has 11 nitrogen and oxygen atoms in total. The Morgan fingerprint density at radius 1 is 1.10 bits per heavy atom. The van der Waals surface area contributed by atoms with Gasteiger partial charge in [-0.2, -0.15) is 4.98 Å². The van der Waals surface area contributed by atoms with E-state index in [0.717, 1.165) is 60.3 Å². The highest BCUT2D eigenvalue weighted by Gasteiger charge is 2.22. The van der Waals surface area contributed by atoms with Crippen molar-refractivity contribution in [3.05, 3.63) is 60.6 Å². The van der Waals surface area contributed by atoms with E-state index in [1.54, 1.807) is 25.6 Å². The first kappa shape index (κ1) is 27.7. The number of hydrogen-bond donors (Lipinski definition) is 1. The second kappa shape index (κ2) is 11.3. The number of fused-ring (bicyclic) bond motifs is 1. The van der Waals surface area contributed by atoms with Gasteiger partial charge in [0.05, 0.1) is 25.6 Å². The third kappa shape index (κ3) is 5.82. The van der Waals surface area contributed by atoms with E-state index >= 15 is 0 Å². The van der Waals surface area contributed by atoms with Crippen LogP contribution in [0.5, 0.6) is 5.75 Å². The summed E-state index contributed by atoms with van der Waals surface area (Å²) >= 11 is 0. The standard InChI is InChI=1S/C28H36N8O3S/c1-33(2)22-11-15-35(16-12-22)23-8-9-24(25(17-23)39-4)31-28-30-18-20-10-14-36(27(20)32-28)19-21-7-6-13-29-26(21)34(3)40(5,37)38/h6-10,13-14,17-18,22H,11-12,15-16,19H2,1-5H3,(H,30,31,32). The van der Waals surface area contributed by atoms with Crippen LogP contribution < -0.4 is 19.3 Å². The molecule has 1 aromatic carbocycles. The van der Waals surface area contributed by atoms with E-state index in [1.807, 2.05) is 29.0 Å². The largest absolute Gasteiger partial charge is 0.494 e. The monoisotopic (exact) mass is 564 g/mol. The second-order valence-corrected chi connectivity index (χ2v) is 12.3. The topological polar surface area (TPSA) is 109 Å². The Morgan fingerprint density at radius 2 is 1.88 bits per heavy atom. The fraction of sp³-hybridized carbons (Fsp3) is 0.393. The van der Waals surface area contributed by atoms with Crippen molar-refractivity contribution in [1.82, 2.24) is 24.4 Å². The fourth-order valence-corrected chi connectivity index (χ4v) is 5.56. The Bertz CT molecular complexity index is 1600. The smallest absolute Gasteiger partial charge is 0.233 e. The lowest BCUT2D eigenvalue weighted by molar-refractivity contribution is 0.249. The van der Waals surface area contributed by atoms with Crippen LogP contribution in [0.15, 0.2) is 55.0 Å². The van der Waals surface area contributed by atoms with Gasteiger partial charge in [-0.1, -0.05) is 6.07 Å². The van der Waals surface area contributed by atoms with Crippen LogP contribution in [-0.2, 0) is 16.6 Å². The number of aromatic nitrogens is 4. The van der Waals surface area contributed by atoms with Crippen LogP contribution >= 0.6 is 0 Å². The van der Waals surface area contributed by atoms with E-state index in [4.69, 9.17) is 9.72 Å². The summed E-state index contributed by atoms with van der Waals surface area (Å²) in [5.41, 5.74) is 3.38. The number of nitrogens with zero attached hydrogens (tertiary/aromatic N) is 7. The van der Waals surface area contributed by atoms with Crippen molar-refractivity contribution in [2.75, 3.05) is 62.1 Å². The first-order valence-corrected chi connectivity index (χ1v) is 15.0. The van der Waals surface area contributed by atoms with Crippen molar-refractivity contribution < 1.29 is 13.2 Å². The molecule has 0 bridgehead atoms. The summed E-state index contributed by atoms with van der Waals surface area (Å²) in [4.78, 5) is 18.3. The summed E-state index contributed by atoms with van der Waals surface area (Å²) in [6.07, 6.45) is 8.69. The van der Waals surface area contributed by atoms with Gasteiger partial charge in [0.25, 0.3) is 0 Å². The average Bonchev–Trinajstić information content (AvgIpc) is 3.34. The van der Waals surface area contributed by atoms with Gasteiger partial charge in [0.2, 0.25) is 16.0 Å². The number of nitrogens with one attached hydrogen (secondary N) is 1. The van der Waals surface area contributed by atoms with E-state index in [2.05, 4.69) is 51.3 Å². The van der Waals surface area contributed by atoms with Crippen LogP contribution in [0.4, 0.5) is 23.1 Å². The molecule has 1 saturated heterocycles. The van der Waals surface area contributed by atoms with Gasteiger partial charge in [0.1, 0.15) is 17.2 Å². The van der Waals surface area contributed by atoms with Crippen molar-refractivity contribution in [2.24, 2.45) is 0 Å². The molecule has 4 heterocycles. The number of ether oxygens (including phenoxy) is 1. The molecule has 0 saturated carbocycles. The number of methoxy groups -OCH3 is 1. The molecule has 0 spiro atoms. The number of anilines is 4. The van der Waals surface area contributed by atoms with Crippen LogP contribution in [0, 0.1) is 0 Å². The van der Waals surface area contributed by atoms with Crippen molar-refractivity contribution >= 4 is 44.2 Å². The Labute approximate surface area is 235 Å². The lowest BCUT2D eigenvalue weighted by Crippen LogP contribution is -2.41. The van der Waals surface area contributed by atoms with Gasteiger partial charge in [-0.05, 0) is 51.2 Å². The van der Waals surface area contributed by atoms with Crippen molar-refractivity contribution in [2.45, 2.75) is 25.4 Å². The average molecular weight is 565 g/mol. The summed E-state index contributed by atoms with van der Waals surface area (Å²) in [5.74, 6) is 1.54. The van der Waals surface area contributed by atoms with Gasteiger partial charge in [-0.15, -0.1) is 0 Å². The molecular formula is C28H36N8O3S. The lowest BCUT2D eigenvalue weighted by Gasteiger charge is -2.36. The Balaban J connectivity index is 1.37. The second-order valence-electron chi connectivity index (χ2n) is 10.3. The maximum atomic E-state index is 12.2. The number of rotatable bonds is 9. The van der Waals surface area contributed by atoms with Gasteiger partial charge < -0.3 is 24.4 Å². The summed E-state index contributed by atoms with van der Waals surface area (Å²) in [6, 6.07) is 12.4. The fourth-order valence-electron chi connectivity index (χ4n) is 5.08. The van der Waals surface area contributed by atoms with Gasteiger partial charge in [-0.25, -0.2) is 18.4 Å². The summed E-state index contributed by atoms with van der Waals surface area (Å²) in [6.45, 7) is 2.41. The zero-order valence-electron chi connectivity index (χ0n) is 23.6. The third-order valence-electron chi connectivity index (χ3n) is 7.50. The Kier molecular flexibility index (Phi) is 7.81. The molecular weight excluding hydrogens is 528 g/mol. The summed E-state index contributed by atoms with van der Waals surface area (Å²) in [7, 11) is 4.01. The van der Waals surface area contributed by atoms with Gasteiger partial charge in [0, 0.05) is 67.5 Å². The molecule has 0 amide bonds. The van der Waals surface area contributed by atoms with Crippen molar-refractivity contribution in [1.29, 1.82) is 0 Å². The van der Waals surface area contributed by atoms with E-state index < -0.39 is 10.0 Å². The van der Waals surface area contributed by atoms with E-state index in [1.165, 1.54) is 11.4 Å². The van der Waals surface area contributed by atoms with Gasteiger partial charge in [0.15, 0.2) is 0 Å². The minimum Gasteiger partial charge on any atom is -0.494 e. The highest BCUT2D eigenvalue weighted by molar-refractivity contribution is 7.92. The quantitative estimate of drug-likeness (QED) is 0.326. The van der Waals surface area contributed by atoms with Crippen molar-refractivity contribution in [3.8, 4) is 5.75 Å². The Morgan fingerprint density at radius 3 is 2.58 bits per heavy atom. The summed E-state index contributed by atoms with van der Waals surface area (Å²) in [5, 5.41) is 4.18. The molecule has 212 valence electrons. The summed E-state index contributed by atoms with van der Waals surface area (Å²) < 4.78 is 33.2. The molecule has 1 fully saturated rings. The molecule has 12 heteroatoms. The van der Waals surface area contributed by atoms with Crippen molar-refractivity contribution in [3.63, 3.8) is 0 Å². The zero-order chi connectivity index (χ0) is 28.4. The highest BCUT2D eigenvalue weighted by Crippen LogP contribution is 2.33. The maximum absolute atomic E-state index is 12.2. The SMILES string of the molecule is COc1cc(N2CCC(N(C)C)CC2)ccc1Nc1ncc2ccn(Cc3cccnc3N(C)S(C)(=O)=O)c2n1. The van der Waals surface area contributed by atoms with Crippen LogP contribution in [0.1, 0.15) is 18.4 Å². The first-order chi connectivity index (χ1) is 19.1. The maximum Gasteiger partial charge on any atom is 0.233 e. The Hall–Kier alpha value is -3.90.